The van der Waals surface area contributed by atoms with Crippen LogP contribution in [0.3, 0.4) is 0 Å². The van der Waals surface area contributed by atoms with Crippen molar-refractivity contribution in [3.05, 3.63) is 28.3 Å². The number of nitrogens with zero attached hydrogens (tertiary/aromatic N) is 1. The molecular formula is C13H21N3O4S. The molecule has 0 aliphatic rings. The van der Waals surface area contributed by atoms with Crippen molar-refractivity contribution in [3.63, 3.8) is 0 Å². The van der Waals surface area contributed by atoms with E-state index >= 15 is 0 Å². The van der Waals surface area contributed by atoms with E-state index in [1.165, 1.54) is 18.2 Å². The summed E-state index contributed by atoms with van der Waals surface area (Å²) >= 11 is 0. The third kappa shape index (κ3) is 4.40. The lowest BCUT2D eigenvalue weighted by Gasteiger charge is -2.18. The molecule has 0 radical (unpaired) electrons. The third-order valence-corrected chi connectivity index (χ3v) is 4.74. The highest BCUT2D eigenvalue weighted by Crippen LogP contribution is 2.27. The molecule has 0 saturated carbocycles. The fourth-order valence-electron chi connectivity index (χ4n) is 1.62. The summed E-state index contributed by atoms with van der Waals surface area (Å²) in [6, 6.07) is 3.51. The van der Waals surface area contributed by atoms with Gasteiger partial charge in [0.05, 0.1) is 9.82 Å². The zero-order valence-corrected chi connectivity index (χ0v) is 13.4. The second-order valence-corrected chi connectivity index (χ2v) is 6.83. The first-order valence-electron chi connectivity index (χ1n) is 6.73. The summed E-state index contributed by atoms with van der Waals surface area (Å²) in [7, 11) is -3.70. The van der Waals surface area contributed by atoms with E-state index in [1.807, 2.05) is 13.8 Å². The van der Waals surface area contributed by atoms with Crippen molar-refractivity contribution < 1.29 is 13.3 Å². The molecule has 2 N–H and O–H groups in total. The van der Waals surface area contributed by atoms with Crippen LogP contribution in [0.4, 0.5) is 11.4 Å². The normalized spacial score (nSPS) is 13.2. The van der Waals surface area contributed by atoms with Crippen LogP contribution in [0.1, 0.15) is 27.7 Å². The molecule has 118 valence electrons. The topological polar surface area (TPSA) is 101 Å². The van der Waals surface area contributed by atoms with Crippen LogP contribution in [0.2, 0.25) is 0 Å². The Bertz CT molecular complexity index is 614. The highest BCUT2D eigenvalue weighted by atomic mass is 32.2. The number of anilines is 1. The first kappa shape index (κ1) is 17.4. The van der Waals surface area contributed by atoms with Crippen molar-refractivity contribution in [1.82, 2.24) is 4.72 Å². The minimum Gasteiger partial charge on any atom is -0.380 e. The van der Waals surface area contributed by atoms with E-state index in [-0.39, 0.29) is 28.2 Å². The van der Waals surface area contributed by atoms with E-state index in [0.717, 1.165) is 0 Å². The highest BCUT2D eigenvalue weighted by molar-refractivity contribution is 7.89. The molecule has 21 heavy (non-hydrogen) atoms. The van der Waals surface area contributed by atoms with Gasteiger partial charge < -0.3 is 5.32 Å². The van der Waals surface area contributed by atoms with Gasteiger partial charge in [0.2, 0.25) is 10.0 Å². The molecule has 7 nitrogen and oxygen atoms in total. The van der Waals surface area contributed by atoms with E-state index in [2.05, 4.69) is 10.0 Å². The predicted octanol–water partition coefficient (Wildman–Crippen LogP) is 2.35. The van der Waals surface area contributed by atoms with Gasteiger partial charge in [0.15, 0.2) is 0 Å². The smallest absolute Gasteiger partial charge is 0.292 e. The van der Waals surface area contributed by atoms with Crippen LogP contribution in [0.5, 0.6) is 0 Å². The van der Waals surface area contributed by atoms with Crippen LogP contribution in [0.25, 0.3) is 0 Å². The van der Waals surface area contributed by atoms with Crippen LogP contribution in [-0.4, -0.2) is 25.9 Å². The Hall–Kier alpha value is -1.67. The third-order valence-electron chi connectivity index (χ3n) is 3.18. The summed E-state index contributed by atoms with van der Waals surface area (Å²) in [5.41, 5.74) is 0.0512. The molecule has 0 heterocycles. The van der Waals surface area contributed by atoms with Crippen LogP contribution in [0, 0.1) is 16.0 Å². The number of hydrogen-bond acceptors (Lipinski definition) is 5. The summed E-state index contributed by atoms with van der Waals surface area (Å²) in [5.74, 6) is 0.145. The molecule has 0 bridgehead atoms. The van der Waals surface area contributed by atoms with Crippen molar-refractivity contribution >= 4 is 21.4 Å². The molecular weight excluding hydrogens is 294 g/mol. The minimum absolute atomic E-state index is 0.0107. The zero-order valence-electron chi connectivity index (χ0n) is 12.6. The van der Waals surface area contributed by atoms with E-state index in [9.17, 15) is 18.5 Å². The number of nitro groups is 1. The molecule has 1 aromatic carbocycles. The molecule has 1 atom stereocenters. The van der Waals surface area contributed by atoms with E-state index in [1.54, 1.807) is 13.8 Å². The van der Waals surface area contributed by atoms with Crippen LogP contribution >= 0.6 is 0 Å². The minimum atomic E-state index is -3.70. The van der Waals surface area contributed by atoms with Crippen molar-refractivity contribution in [2.24, 2.45) is 5.92 Å². The fourth-order valence-corrected chi connectivity index (χ4v) is 3.04. The van der Waals surface area contributed by atoms with Gasteiger partial charge in [0.1, 0.15) is 5.69 Å². The first-order chi connectivity index (χ1) is 9.69. The number of rotatable bonds is 7. The number of hydrogen-bond donors (Lipinski definition) is 2. The number of sulfonamides is 1. The SMILES string of the molecule is CCNc1cc(S(=O)(=O)NC(C)C(C)C)ccc1[N+](=O)[O-]. The van der Waals surface area contributed by atoms with Gasteiger partial charge in [0, 0.05) is 18.7 Å². The molecule has 8 heteroatoms. The summed E-state index contributed by atoms with van der Waals surface area (Å²) in [6.07, 6.45) is 0. The molecule has 1 unspecified atom stereocenters. The van der Waals surface area contributed by atoms with Gasteiger partial charge in [-0.15, -0.1) is 0 Å². The Labute approximate surface area is 124 Å². The van der Waals surface area contributed by atoms with E-state index in [0.29, 0.717) is 6.54 Å². The second kappa shape index (κ2) is 6.86. The van der Waals surface area contributed by atoms with Gasteiger partial charge in [-0.05, 0) is 31.9 Å². The lowest BCUT2D eigenvalue weighted by molar-refractivity contribution is -0.384. The average Bonchev–Trinajstić information content (AvgIpc) is 2.38. The Morgan fingerprint density at radius 3 is 2.38 bits per heavy atom. The van der Waals surface area contributed by atoms with Gasteiger partial charge in [0.25, 0.3) is 5.69 Å². The van der Waals surface area contributed by atoms with Gasteiger partial charge in [-0.3, -0.25) is 10.1 Å². The molecule has 0 aromatic heterocycles. The molecule has 0 spiro atoms. The first-order valence-corrected chi connectivity index (χ1v) is 8.22. The standard InChI is InChI=1S/C13H21N3O4S/c1-5-14-12-8-11(6-7-13(12)16(17)18)21(19,20)15-10(4)9(2)3/h6-10,14-15H,5H2,1-4H3. The molecule has 0 aliphatic heterocycles. The van der Waals surface area contributed by atoms with E-state index in [4.69, 9.17) is 0 Å². The largest absolute Gasteiger partial charge is 0.380 e. The molecule has 1 rings (SSSR count). The number of benzene rings is 1. The van der Waals surface area contributed by atoms with Crippen LogP contribution in [-0.2, 0) is 10.0 Å². The zero-order chi connectivity index (χ0) is 16.2. The van der Waals surface area contributed by atoms with Gasteiger partial charge in [-0.1, -0.05) is 13.8 Å². The summed E-state index contributed by atoms with van der Waals surface area (Å²) in [4.78, 5) is 10.4. The summed E-state index contributed by atoms with van der Waals surface area (Å²) in [6.45, 7) is 7.84. The number of nitrogens with one attached hydrogen (secondary N) is 2. The highest BCUT2D eigenvalue weighted by Gasteiger charge is 2.22. The van der Waals surface area contributed by atoms with Crippen molar-refractivity contribution in [2.75, 3.05) is 11.9 Å². The fraction of sp³-hybridized carbons (Fsp3) is 0.538. The predicted molar refractivity (Wildman–Crippen MR) is 81.9 cm³/mol. The lowest BCUT2D eigenvalue weighted by Crippen LogP contribution is -2.36. The molecule has 0 amide bonds. The van der Waals surface area contributed by atoms with E-state index < -0.39 is 14.9 Å². The van der Waals surface area contributed by atoms with Crippen LogP contribution in [0.15, 0.2) is 23.1 Å². The maximum absolute atomic E-state index is 12.3. The van der Waals surface area contributed by atoms with Gasteiger partial charge >= 0.3 is 0 Å². The monoisotopic (exact) mass is 315 g/mol. The van der Waals surface area contributed by atoms with Gasteiger partial charge in [-0.25, -0.2) is 13.1 Å². The summed E-state index contributed by atoms with van der Waals surface area (Å²) < 4.78 is 27.1. The Balaban J connectivity index is 3.19. The average molecular weight is 315 g/mol. The quantitative estimate of drug-likeness (QED) is 0.594. The maximum Gasteiger partial charge on any atom is 0.292 e. The Morgan fingerprint density at radius 2 is 1.90 bits per heavy atom. The van der Waals surface area contributed by atoms with Crippen molar-refractivity contribution in [2.45, 2.75) is 38.6 Å². The number of nitro benzene ring substituents is 1. The second-order valence-electron chi connectivity index (χ2n) is 5.12. The van der Waals surface area contributed by atoms with Crippen LogP contribution < -0.4 is 10.0 Å². The molecule has 0 aliphatic carbocycles. The Morgan fingerprint density at radius 1 is 1.29 bits per heavy atom. The summed E-state index contributed by atoms with van der Waals surface area (Å²) in [5, 5.41) is 13.7. The molecule has 1 aromatic rings. The molecule has 0 fully saturated rings. The molecule has 0 saturated heterocycles. The van der Waals surface area contributed by atoms with Crippen molar-refractivity contribution in [1.29, 1.82) is 0 Å². The van der Waals surface area contributed by atoms with Gasteiger partial charge in [-0.2, -0.15) is 0 Å². The lowest BCUT2D eigenvalue weighted by atomic mass is 10.1. The van der Waals surface area contributed by atoms with Crippen molar-refractivity contribution in [3.8, 4) is 0 Å². The maximum atomic E-state index is 12.3. The Kier molecular flexibility index (Phi) is 5.68.